The number of amides is 2. The van der Waals surface area contributed by atoms with Crippen LogP contribution in [0.3, 0.4) is 0 Å². The van der Waals surface area contributed by atoms with Crippen LogP contribution in [0.5, 0.6) is 5.75 Å². The van der Waals surface area contributed by atoms with Gasteiger partial charge < -0.3 is 19.9 Å². The third-order valence-electron chi connectivity index (χ3n) is 5.84. The molecule has 1 atom stereocenters. The van der Waals surface area contributed by atoms with Crippen LogP contribution in [-0.2, 0) is 4.79 Å². The lowest BCUT2D eigenvalue weighted by Crippen LogP contribution is -2.42. The van der Waals surface area contributed by atoms with Crippen molar-refractivity contribution < 1.29 is 14.3 Å². The molecule has 2 heterocycles. The molecule has 0 saturated carbocycles. The molecule has 0 aliphatic carbocycles. The van der Waals surface area contributed by atoms with Crippen LogP contribution in [0.15, 0.2) is 24.3 Å². The fourth-order valence-corrected chi connectivity index (χ4v) is 3.88. The molecular formula is C22H31N3O3. The minimum Gasteiger partial charge on any atom is -0.497 e. The zero-order valence-electron chi connectivity index (χ0n) is 17.1. The number of hydrogen-bond acceptors (Lipinski definition) is 3. The highest BCUT2D eigenvalue weighted by molar-refractivity contribution is 5.98. The van der Waals surface area contributed by atoms with Gasteiger partial charge >= 0.3 is 0 Å². The van der Waals surface area contributed by atoms with E-state index in [1.165, 1.54) is 0 Å². The van der Waals surface area contributed by atoms with Gasteiger partial charge in [0, 0.05) is 42.5 Å². The van der Waals surface area contributed by atoms with Crippen LogP contribution in [0.2, 0.25) is 0 Å². The van der Waals surface area contributed by atoms with Crippen molar-refractivity contribution in [2.45, 2.75) is 39.5 Å². The molecule has 28 heavy (non-hydrogen) atoms. The van der Waals surface area contributed by atoms with E-state index in [9.17, 15) is 9.59 Å². The Hall–Kier alpha value is -2.50. The van der Waals surface area contributed by atoms with E-state index in [1.54, 1.807) is 7.11 Å². The number of aromatic amines is 1. The minimum absolute atomic E-state index is 0.00495. The first-order chi connectivity index (χ1) is 13.5. The van der Waals surface area contributed by atoms with Gasteiger partial charge in [0.1, 0.15) is 11.4 Å². The molecular weight excluding hydrogens is 354 g/mol. The fourth-order valence-electron chi connectivity index (χ4n) is 3.88. The van der Waals surface area contributed by atoms with Crippen LogP contribution in [0.4, 0.5) is 0 Å². The van der Waals surface area contributed by atoms with Gasteiger partial charge in [-0.05, 0) is 43.4 Å². The number of aromatic nitrogens is 1. The van der Waals surface area contributed by atoms with Gasteiger partial charge in [-0.2, -0.15) is 0 Å². The number of unbranched alkanes of at least 4 members (excludes halogenated alkanes) is 1. The molecule has 0 unspecified atom stereocenters. The molecule has 1 aliphatic rings. The van der Waals surface area contributed by atoms with Gasteiger partial charge in [0.05, 0.1) is 7.11 Å². The van der Waals surface area contributed by atoms with Crippen molar-refractivity contribution in [3.8, 4) is 5.75 Å². The van der Waals surface area contributed by atoms with Gasteiger partial charge in [-0.25, -0.2) is 0 Å². The molecule has 0 spiro atoms. The molecule has 2 aromatic rings. The van der Waals surface area contributed by atoms with E-state index in [0.29, 0.717) is 24.7 Å². The van der Waals surface area contributed by atoms with Crippen LogP contribution < -0.4 is 10.1 Å². The molecule has 3 rings (SSSR count). The second kappa shape index (κ2) is 9.13. The normalized spacial score (nSPS) is 16.2. The summed E-state index contributed by atoms with van der Waals surface area (Å²) in [5, 5.41) is 4.03. The topological polar surface area (TPSA) is 74.4 Å². The van der Waals surface area contributed by atoms with Crippen molar-refractivity contribution in [1.29, 1.82) is 0 Å². The van der Waals surface area contributed by atoms with Crippen molar-refractivity contribution in [2.24, 2.45) is 11.8 Å². The van der Waals surface area contributed by atoms with E-state index < -0.39 is 0 Å². The lowest BCUT2D eigenvalue weighted by atomic mass is 9.84. The highest BCUT2D eigenvalue weighted by Gasteiger charge is 2.30. The highest BCUT2D eigenvalue weighted by Crippen LogP contribution is 2.27. The number of nitrogens with one attached hydrogen (secondary N) is 2. The summed E-state index contributed by atoms with van der Waals surface area (Å²) in [4.78, 5) is 30.3. The average Bonchev–Trinajstić information content (AvgIpc) is 3.16. The predicted molar refractivity (Wildman–Crippen MR) is 111 cm³/mol. The first-order valence-corrected chi connectivity index (χ1v) is 10.3. The smallest absolute Gasteiger partial charge is 0.270 e. The number of nitrogens with zero attached hydrogens (tertiary/aromatic N) is 1. The maximum Gasteiger partial charge on any atom is 0.270 e. The first kappa shape index (κ1) is 20.2. The Morgan fingerprint density at radius 1 is 1.29 bits per heavy atom. The second-order valence-electron chi connectivity index (χ2n) is 7.70. The minimum atomic E-state index is -0.00495. The number of likely N-dealkylation sites (tertiary alicyclic amines) is 1. The van der Waals surface area contributed by atoms with Gasteiger partial charge in [-0.15, -0.1) is 0 Å². The Bertz CT molecular complexity index is 822. The quantitative estimate of drug-likeness (QED) is 0.716. The Morgan fingerprint density at radius 3 is 2.71 bits per heavy atom. The van der Waals surface area contributed by atoms with E-state index in [1.807, 2.05) is 36.1 Å². The molecule has 1 aromatic heterocycles. The van der Waals surface area contributed by atoms with Crippen molar-refractivity contribution in [3.05, 3.63) is 30.0 Å². The summed E-state index contributed by atoms with van der Waals surface area (Å²) in [5.74, 6) is 1.25. The third-order valence-corrected chi connectivity index (χ3v) is 5.84. The molecule has 0 radical (unpaired) electrons. The first-order valence-electron chi connectivity index (χ1n) is 10.3. The molecule has 6 nitrogen and oxygen atoms in total. The standard InChI is InChI=1S/C22H31N3O3/c1-4-5-10-23-21(26)15(2)16-8-11-25(12-9-16)22(27)20-13-17-6-7-18(28-3)14-19(17)24-20/h6-7,13-16,24H,4-5,8-12H2,1-3H3,(H,23,26)/t15-/m0/s1. The lowest BCUT2D eigenvalue weighted by Gasteiger charge is -2.34. The van der Waals surface area contributed by atoms with Crippen LogP contribution in [-0.4, -0.2) is 48.4 Å². The van der Waals surface area contributed by atoms with E-state index in [0.717, 1.165) is 48.9 Å². The van der Waals surface area contributed by atoms with Crippen LogP contribution >= 0.6 is 0 Å². The van der Waals surface area contributed by atoms with Gasteiger partial charge in [0.25, 0.3) is 5.91 Å². The SMILES string of the molecule is CCCCNC(=O)[C@@H](C)C1CCN(C(=O)c2cc3ccc(OC)cc3[nH]2)CC1. The summed E-state index contributed by atoms with van der Waals surface area (Å²) in [6.07, 6.45) is 3.82. The number of ether oxygens (including phenoxy) is 1. The number of rotatable bonds is 7. The summed E-state index contributed by atoms with van der Waals surface area (Å²) in [7, 11) is 1.63. The average molecular weight is 386 g/mol. The Kier molecular flexibility index (Phi) is 6.60. The third kappa shape index (κ3) is 4.49. The van der Waals surface area contributed by atoms with Crippen molar-refractivity contribution in [1.82, 2.24) is 15.2 Å². The molecule has 2 amide bonds. The van der Waals surface area contributed by atoms with Gasteiger partial charge in [0.2, 0.25) is 5.91 Å². The van der Waals surface area contributed by atoms with E-state index in [2.05, 4.69) is 17.2 Å². The number of piperidine rings is 1. The second-order valence-corrected chi connectivity index (χ2v) is 7.70. The molecule has 1 aliphatic heterocycles. The van der Waals surface area contributed by atoms with Gasteiger partial charge in [0.15, 0.2) is 0 Å². The fraction of sp³-hybridized carbons (Fsp3) is 0.545. The molecule has 1 aromatic carbocycles. The summed E-state index contributed by atoms with van der Waals surface area (Å²) >= 11 is 0. The van der Waals surface area contributed by atoms with Crippen molar-refractivity contribution >= 4 is 22.7 Å². The molecule has 0 bridgehead atoms. The van der Waals surface area contributed by atoms with Crippen LogP contribution in [0, 0.1) is 11.8 Å². The summed E-state index contributed by atoms with van der Waals surface area (Å²) in [5.41, 5.74) is 1.50. The van der Waals surface area contributed by atoms with Crippen LogP contribution in [0.25, 0.3) is 10.9 Å². The molecule has 6 heteroatoms. The molecule has 152 valence electrons. The molecule has 1 fully saturated rings. The highest BCUT2D eigenvalue weighted by atomic mass is 16.5. The number of carbonyl (C=O) groups is 2. The van der Waals surface area contributed by atoms with Gasteiger partial charge in [-0.3, -0.25) is 9.59 Å². The maximum atomic E-state index is 12.9. The largest absolute Gasteiger partial charge is 0.497 e. The Balaban J connectivity index is 1.57. The summed E-state index contributed by atoms with van der Waals surface area (Å²) < 4.78 is 5.24. The number of methoxy groups -OCH3 is 1. The van der Waals surface area contributed by atoms with Crippen molar-refractivity contribution in [3.63, 3.8) is 0 Å². The van der Waals surface area contributed by atoms with E-state index in [-0.39, 0.29) is 17.7 Å². The molecule has 1 saturated heterocycles. The number of H-pyrrole nitrogens is 1. The van der Waals surface area contributed by atoms with E-state index >= 15 is 0 Å². The lowest BCUT2D eigenvalue weighted by molar-refractivity contribution is -0.126. The van der Waals surface area contributed by atoms with Crippen LogP contribution in [0.1, 0.15) is 50.0 Å². The Morgan fingerprint density at radius 2 is 2.04 bits per heavy atom. The van der Waals surface area contributed by atoms with E-state index in [4.69, 9.17) is 4.74 Å². The number of hydrogen-bond donors (Lipinski definition) is 2. The zero-order chi connectivity index (χ0) is 20.1. The van der Waals surface area contributed by atoms with Gasteiger partial charge in [-0.1, -0.05) is 20.3 Å². The zero-order valence-corrected chi connectivity index (χ0v) is 17.1. The number of carbonyl (C=O) groups excluding carboxylic acids is 2. The number of benzene rings is 1. The summed E-state index contributed by atoms with van der Waals surface area (Å²) in [6.45, 7) is 6.26. The molecule has 2 N–H and O–H groups in total. The summed E-state index contributed by atoms with van der Waals surface area (Å²) in [6, 6.07) is 7.64. The monoisotopic (exact) mass is 385 g/mol. The maximum absolute atomic E-state index is 12.9. The number of fused-ring (bicyclic) bond motifs is 1. The Labute approximate surface area is 166 Å². The predicted octanol–water partition coefficient (Wildman–Crippen LogP) is 3.58. The van der Waals surface area contributed by atoms with Crippen molar-refractivity contribution in [2.75, 3.05) is 26.7 Å².